The molecule has 5 nitrogen and oxygen atoms in total. The van der Waals surface area contributed by atoms with Crippen molar-refractivity contribution in [3.8, 4) is 28.6 Å². The largest absolute Gasteiger partial charge is 0.457 e. The Bertz CT molecular complexity index is 3220. The summed E-state index contributed by atoms with van der Waals surface area (Å²) in [4.78, 5) is 10.4. The number of para-hydroxylation sites is 1. The van der Waals surface area contributed by atoms with Gasteiger partial charge in [0.15, 0.2) is 0 Å². The van der Waals surface area contributed by atoms with Gasteiger partial charge in [-0.15, -0.1) is 0 Å². The first-order valence-electron chi connectivity index (χ1n) is 20.4. The van der Waals surface area contributed by atoms with E-state index in [9.17, 15) is 0 Å². The molecule has 5 heterocycles. The van der Waals surface area contributed by atoms with Crippen LogP contribution in [0.2, 0.25) is 0 Å². The second-order valence-corrected chi connectivity index (χ2v) is 17.1. The molecule has 0 radical (unpaired) electrons. The molecule has 264 valence electrons. The van der Waals surface area contributed by atoms with Gasteiger partial charge < -0.3 is 4.74 Å². The standard InChI is InChI=1S/C49H42N4O/c1-28-16-21-38-44-42(28)36-20-18-31(25-37(36)46-51-43-33-13-9-8-12-29(33)27-49(7,48(38,5)6)45(43)53(44)46)54-32-17-19-35-34-14-10-11-15-39(34)52(40(35)26-32)41-24-30(22-23-50-41)47(2,3)4/h8-26H,27H2,1-7H3/i1D3. The topological polar surface area (TPSA) is 44.3 Å². The Kier molecular flexibility index (Phi) is 5.49. The molecule has 2 aliphatic rings. The van der Waals surface area contributed by atoms with Gasteiger partial charge in [0.25, 0.3) is 0 Å². The average Bonchev–Trinajstić information content (AvgIpc) is 3.74. The zero-order valence-corrected chi connectivity index (χ0v) is 31.4. The van der Waals surface area contributed by atoms with Gasteiger partial charge >= 0.3 is 0 Å². The van der Waals surface area contributed by atoms with E-state index in [1.165, 1.54) is 11.1 Å². The van der Waals surface area contributed by atoms with Crippen LogP contribution < -0.4 is 4.74 Å². The van der Waals surface area contributed by atoms with Gasteiger partial charge in [0.1, 0.15) is 23.0 Å². The highest BCUT2D eigenvalue weighted by Crippen LogP contribution is 2.58. The molecule has 1 aliphatic heterocycles. The van der Waals surface area contributed by atoms with E-state index in [2.05, 4.69) is 129 Å². The zero-order valence-electron chi connectivity index (χ0n) is 34.4. The number of pyridine rings is 2. The smallest absolute Gasteiger partial charge is 0.146 e. The number of rotatable bonds is 3. The molecule has 0 saturated carbocycles. The molecule has 11 rings (SSSR count). The second-order valence-electron chi connectivity index (χ2n) is 17.1. The summed E-state index contributed by atoms with van der Waals surface area (Å²) in [5, 5.41) is 4.73. The van der Waals surface area contributed by atoms with Crippen LogP contribution in [0, 0.1) is 6.85 Å². The Balaban J connectivity index is 1.15. The van der Waals surface area contributed by atoms with E-state index in [-0.39, 0.29) is 16.2 Å². The SMILES string of the molecule is [2H]C([2H])([2H])c1ccc2c3c1c1ccc(Oc4ccc5c6ccccc6n(-c6cc(C(C)(C)C)ccn6)c5c4)cc1c1nc4c(n13)C(C)(Cc1ccccc1-4)C2(C)C. The van der Waals surface area contributed by atoms with Crippen LogP contribution in [0.5, 0.6) is 11.5 Å². The summed E-state index contributed by atoms with van der Waals surface area (Å²) >= 11 is 0. The number of hydrogen-bond donors (Lipinski definition) is 0. The van der Waals surface area contributed by atoms with E-state index in [1.54, 1.807) is 0 Å². The van der Waals surface area contributed by atoms with Crippen LogP contribution in [0.1, 0.15) is 73.6 Å². The first-order chi connectivity index (χ1) is 27.1. The molecule has 5 aromatic carbocycles. The Hall–Kier alpha value is -5.94. The minimum atomic E-state index is -2.32. The van der Waals surface area contributed by atoms with Crippen LogP contribution in [-0.4, -0.2) is 18.9 Å². The molecule has 4 aromatic heterocycles. The van der Waals surface area contributed by atoms with Gasteiger partial charge in [0.2, 0.25) is 0 Å². The lowest BCUT2D eigenvalue weighted by atomic mass is 9.55. The molecule has 0 fully saturated rings. The van der Waals surface area contributed by atoms with Crippen molar-refractivity contribution in [3.05, 3.63) is 143 Å². The number of aromatic nitrogens is 4. The molecular formula is C49H42N4O. The number of fused-ring (bicyclic) bond motifs is 8. The Labute approximate surface area is 319 Å². The fraction of sp³-hybridized carbons (Fsp3) is 0.224. The molecule has 0 amide bonds. The normalized spacial score (nSPS) is 18.4. The fourth-order valence-electron chi connectivity index (χ4n) is 9.69. The molecule has 5 heteroatoms. The van der Waals surface area contributed by atoms with Gasteiger partial charge in [-0.1, -0.05) is 96.1 Å². The van der Waals surface area contributed by atoms with Crippen molar-refractivity contribution in [2.75, 3.05) is 0 Å². The van der Waals surface area contributed by atoms with Crippen molar-refractivity contribution in [1.82, 2.24) is 18.9 Å². The summed E-state index contributed by atoms with van der Waals surface area (Å²) < 4.78 is 37.4. The zero-order chi connectivity index (χ0) is 39.4. The van der Waals surface area contributed by atoms with E-state index in [1.807, 2.05) is 36.5 Å². The van der Waals surface area contributed by atoms with Crippen LogP contribution in [0.4, 0.5) is 0 Å². The van der Waals surface area contributed by atoms with Crippen molar-refractivity contribution in [3.63, 3.8) is 0 Å². The third-order valence-electron chi connectivity index (χ3n) is 12.9. The molecule has 0 saturated heterocycles. The van der Waals surface area contributed by atoms with Crippen molar-refractivity contribution in [2.45, 2.75) is 71.1 Å². The van der Waals surface area contributed by atoms with Crippen LogP contribution in [-0.2, 0) is 22.7 Å². The Morgan fingerprint density at radius 2 is 1.52 bits per heavy atom. The lowest BCUT2D eigenvalue weighted by Crippen LogP contribution is -2.49. The van der Waals surface area contributed by atoms with Gasteiger partial charge in [-0.3, -0.25) is 8.97 Å². The van der Waals surface area contributed by atoms with Crippen LogP contribution in [0.3, 0.4) is 0 Å². The molecule has 0 bridgehead atoms. The first-order valence-corrected chi connectivity index (χ1v) is 18.9. The number of ether oxygens (including phenoxy) is 1. The number of benzene rings is 5. The van der Waals surface area contributed by atoms with Gasteiger partial charge in [-0.05, 0) is 94.9 Å². The minimum absolute atomic E-state index is 0.0334. The maximum absolute atomic E-state index is 8.70. The molecule has 1 unspecified atom stereocenters. The highest BCUT2D eigenvalue weighted by molar-refractivity contribution is 6.15. The summed E-state index contributed by atoms with van der Waals surface area (Å²) in [7, 11) is 0. The van der Waals surface area contributed by atoms with Crippen LogP contribution in [0.25, 0.3) is 66.2 Å². The van der Waals surface area contributed by atoms with E-state index in [0.717, 1.165) is 83.9 Å². The highest BCUT2D eigenvalue weighted by Gasteiger charge is 2.53. The fourth-order valence-corrected chi connectivity index (χ4v) is 9.69. The molecule has 0 spiro atoms. The van der Waals surface area contributed by atoms with Crippen molar-refractivity contribution >= 4 is 49.1 Å². The first kappa shape index (κ1) is 28.5. The minimum Gasteiger partial charge on any atom is -0.457 e. The lowest BCUT2D eigenvalue weighted by Gasteiger charge is -2.50. The molecule has 0 N–H and O–H groups in total. The van der Waals surface area contributed by atoms with Gasteiger partial charge in [-0.2, -0.15) is 0 Å². The number of imidazole rings is 1. The highest BCUT2D eigenvalue weighted by atomic mass is 16.5. The van der Waals surface area contributed by atoms with Crippen molar-refractivity contribution in [2.24, 2.45) is 0 Å². The van der Waals surface area contributed by atoms with Gasteiger partial charge in [-0.25, -0.2) is 9.97 Å². The lowest BCUT2D eigenvalue weighted by molar-refractivity contribution is 0.258. The number of aryl methyl sites for hydroxylation is 1. The van der Waals surface area contributed by atoms with E-state index in [4.69, 9.17) is 18.8 Å². The maximum atomic E-state index is 8.70. The average molecular weight is 706 g/mol. The molecule has 1 aliphatic carbocycles. The predicted octanol–water partition coefficient (Wildman–Crippen LogP) is 12.3. The monoisotopic (exact) mass is 705 g/mol. The van der Waals surface area contributed by atoms with E-state index >= 15 is 0 Å². The molecule has 9 aromatic rings. The molecule has 54 heavy (non-hydrogen) atoms. The van der Waals surface area contributed by atoms with Crippen LogP contribution >= 0.6 is 0 Å². The van der Waals surface area contributed by atoms with Gasteiger partial charge in [0, 0.05) is 54.3 Å². The van der Waals surface area contributed by atoms with Gasteiger partial charge in [0.05, 0.1) is 27.9 Å². The van der Waals surface area contributed by atoms with Crippen LogP contribution in [0.15, 0.2) is 115 Å². The number of hydrogen-bond acceptors (Lipinski definition) is 3. The summed E-state index contributed by atoms with van der Waals surface area (Å²) in [6.07, 6.45) is 2.75. The maximum Gasteiger partial charge on any atom is 0.146 e. The van der Waals surface area contributed by atoms with E-state index < -0.39 is 6.85 Å². The third kappa shape index (κ3) is 3.99. The van der Waals surface area contributed by atoms with Crippen molar-refractivity contribution in [1.29, 1.82) is 0 Å². The second kappa shape index (κ2) is 10.4. The summed E-state index contributed by atoms with van der Waals surface area (Å²) in [5.41, 5.74) is 10.4. The Morgan fingerprint density at radius 1 is 0.759 bits per heavy atom. The molecular weight excluding hydrogens is 661 g/mol. The summed E-state index contributed by atoms with van der Waals surface area (Å²) in [6.45, 7) is 11.3. The summed E-state index contributed by atoms with van der Waals surface area (Å²) in [5.74, 6) is 2.19. The van der Waals surface area contributed by atoms with Crippen molar-refractivity contribution < 1.29 is 8.85 Å². The quantitative estimate of drug-likeness (QED) is 0.172. The number of nitrogens with zero attached hydrogens (tertiary/aromatic N) is 4. The third-order valence-corrected chi connectivity index (χ3v) is 12.9. The molecule has 1 atom stereocenters. The van der Waals surface area contributed by atoms with E-state index in [0.29, 0.717) is 17.1 Å². The predicted molar refractivity (Wildman–Crippen MR) is 222 cm³/mol. The summed E-state index contributed by atoms with van der Waals surface area (Å²) in [6, 6.07) is 37.5. The Morgan fingerprint density at radius 3 is 2.35 bits per heavy atom.